The summed E-state index contributed by atoms with van der Waals surface area (Å²) in [4.78, 5) is 20.3. The van der Waals surface area contributed by atoms with Crippen LogP contribution < -0.4 is 10.5 Å². The third-order valence-electron chi connectivity index (χ3n) is 2.05. The van der Waals surface area contributed by atoms with E-state index in [2.05, 4.69) is 14.7 Å². The van der Waals surface area contributed by atoms with Crippen LogP contribution in [0.25, 0.3) is 10.2 Å². The highest BCUT2D eigenvalue weighted by Gasteiger charge is 2.20. The van der Waals surface area contributed by atoms with E-state index in [0.717, 1.165) is 11.3 Å². The summed E-state index contributed by atoms with van der Waals surface area (Å²) in [5, 5.41) is 0.551. The van der Waals surface area contributed by atoms with Crippen molar-refractivity contribution in [3.8, 4) is 5.88 Å². The van der Waals surface area contributed by atoms with Gasteiger partial charge < -0.3 is 15.2 Å². The van der Waals surface area contributed by atoms with Crippen molar-refractivity contribution in [2.75, 3.05) is 20.0 Å². The molecule has 6 nitrogen and oxygen atoms in total. The van der Waals surface area contributed by atoms with Crippen molar-refractivity contribution in [2.45, 2.75) is 0 Å². The molecule has 0 aromatic carbocycles. The fraction of sp³-hybridized carbons (Fsp3) is 0.222. The summed E-state index contributed by atoms with van der Waals surface area (Å²) in [7, 11) is 2.78. The molecule has 84 valence electrons. The molecule has 0 amide bonds. The van der Waals surface area contributed by atoms with E-state index in [1.165, 1.54) is 20.5 Å². The molecule has 0 spiro atoms. The maximum atomic E-state index is 11.4. The van der Waals surface area contributed by atoms with Gasteiger partial charge >= 0.3 is 5.97 Å². The normalized spacial score (nSPS) is 10.4. The highest BCUT2D eigenvalue weighted by molar-refractivity contribution is 7.21. The van der Waals surface area contributed by atoms with Crippen LogP contribution in [0.2, 0.25) is 0 Å². The standard InChI is InChI=1S/C9H9N3O3S/c1-14-7-4-5(10)6(9(13)15-2)16-8(4)12-3-11-7/h3H,10H2,1-2H3. The zero-order valence-electron chi connectivity index (χ0n) is 8.68. The number of hydrogen-bond donors (Lipinski definition) is 1. The molecule has 2 rings (SSSR count). The van der Waals surface area contributed by atoms with E-state index in [9.17, 15) is 4.79 Å². The summed E-state index contributed by atoms with van der Waals surface area (Å²) in [5.41, 5.74) is 6.14. The predicted octanol–water partition coefficient (Wildman–Crippen LogP) is 1.07. The van der Waals surface area contributed by atoms with Crippen molar-refractivity contribution in [2.24, 2.45) is 0 Å². The summed E-state index contributed by atoms with van der Waals surface area (Å²) in [6.07, 6.45) is 1.36. The molecule has 16 heavy (non-hydrogen) atoms. The van der Waals surface area contributed by atoms with Crippen molar-refractivity contribution in [3.63, 3.8) is 0 Å². The van der Waals surface area contributed by atoms with Crippen molar-refractivity contribution >= 4 is 33.2 Å². The largest absolute Gasteiger partial charge is 0.480 e. The Bertz CT molecular complexity index is 552. The van der Waals surface area contributed by atoms with E-state index in [-0.39, 0.29) is 0 Å². The van der Waals surface area contributed by atoms with Crippen LogP contribution in [0.4, 0.5) is 5.69 Å². The number of carbonyl (C=O) groups excluding carboxylic acids is 1. The van der Waals surface area contributed by atoms with Crippen molar-refractivity contribution in [3.05, 3.63) is 11.2 Å². The molecular weight excluding hydrogens is 230 g/mol. The zero-order valence-corrected chi connectivity index (χ0v) is 9.50. The minimum Gasteiger partial charge on any atom is -0.480 e. The molecule has 0 bridgehead atoms. The van der Waals surface area contributed by atoms with Crippen LogP contribution in [0.15, 0.2) is 6.33 Å². The molecule has 0 aliphatic heterocycles. The fourth-order valence-electron chi connectivity index (χ4n) is 1.33. The highest BCUT2D eigenvalue weighted by Crippen LogP contribution is 2.36. The number of carbonyl (C=O) groups is 1. The third kappa shape index (κ3) is 1.45. The Hall–Kier alpha value is -1.89. The van der Waals surface area contributed by atoms with Gasteiger partial charge in [0.2, 0.25) is 5.88 Å². The maximum absolute atomic E-state index is 11.4. The van der Waals surface area contributed by atoms with Gasteiger partial charge in [-0.25, -0.2) is 14.8 Å². The van der Waals surface area contributed by atoms with Crippen molar-refractivity contribution < 1.29 is 14.3 Å². The van der Waals surface area contributed by atoms with Crippen LogP contribution in [0.3, 0.4) is 0 Å². The summed E-state index contributed by atoms with van der Waals surface area (Å²) in [6, 6.07) is 0. The van der Waals surface area contributed by atoms with Gasteiger partial charge in [0.1, 0.15) is 16.0 Å². The molecule has 0 saturated heterocycles. The molecule has 2 aromatic heterocycles. The Labute approximate surface area is 95.0 Å². The number of nitrogen functional groups attached to an aromatic ring is 1. The smallest absolute Gasteiger partial charge is 0.350 e. The maximum Gasteiger partial charge on any atom is 0.350 e. The van der Waals surface area contributed by atoms with Gasteiger partial charge in [0.15, 0.2) is 0 Å². The number of methoxy groups -OCH3 is 2. The van der Waals surface area contributed by atoms with Gasteiger partial charge in [0.05, 0.1) is 25.3 Å². The van der Waals surface area contributed by atoms with Crippen molar-refractivity contribution in [1.29, 1.82) is 0 Å². The van der Waals surface area contributed by atoms with Gasteiger partial charge in [0, 0.05) is 0 Å². The van der Waals surface area contributed by atoms with Gasteiger partial charge in [-0.2, -0.15) is 0 Å². The highest BCUT2D eigenvalue weighted by atomic mass is 32.1. The topological polar surface area (TPSA) is 87.3 Å². The van der Waals surface area contributed by atoms with Gasteiger partial charge in [-0.3, -0.25) is 0 Å². The molecule has 0 saturated carbocycles. The molecule has 0 aliphatic rings. The number of thiophene rings is 1. The zero-order chi connectivity index (χ0) is 11.7. The molecule has 0 fully saturated rings. The van der Waals surface area contributed by atoms with Crippen LogP contribution in [0.1, 0.15) is 9.67 Å². The number of ether oxygens (including phenoxy) is 2. The predicted molar refractivity (Wildman–Crippen MR) is 59.7 cm³/mol. The molecule has 2 heterocycles. The van der Waals surface area contributed by atoms with E-state index in [1.54, 1.807) is 0 Å². The van der Waals surface area contributed by atoms with Crippen LogP contribution in [-0.4, -0.2) is 30.2 Å². The lowest BCUT2D eigenvalue weighted by Crippen LogP contribution is -2.01. The van der Waals surface area contributed by atoms with Gasteiger partial charge in [-0.05, 0) is 0 Å². The van der Waals surface area contributed by atoms with E-state index < -0.39 is 5.97 Å². The van der Waals surface area contributed by atoms with Crippen LogP contribution >= 0.6 is 11.3 Å². The van der Waals surface area contributed by atoms with Crippen LogP contribution in [-0.2, 0) is 4.74 Å². The molecule has 2 N–H and O–H groups in total. The first-order valence-electron chi connectivity index (χ1n) is 4.34. The Morgan fingerprint density at radius 1 is 1.44 bits per heavy atom. The number of fused-ring (bicyclic) bond motifs is 1. The number of nitrogens with zero attached hydrogens (tertiary/aromatic N) is 2. The van der Waals surface area contributed by atoms with E-state index >= 15 is 0 Å². The average molecular weight is 239 g/mol. The summed E-state index contributed by atoms with van der Waals surface area (Å²) >= 11 is 1.16. The third-order valence-corrected chi connectivity index (χ3v) is 3.15. The minimum absolute atomic E-state index is 0.296. The number of esters is 1. The second kappa shape index (κ2) is 3.93. The Morgan fingerprint density at radius 3 is 2.81 bits per heavy atom. The van der Waals surface area contributed by atoms with E-state index in [4.69, 9.17) is 10.5 Å². The van der Waals surface area contributed by atoms with Gasteiger partial charge in [-0.15, -0.1) is 11.3 Å². The van der Waals surface area contributed by atoms with Gasteiger partial charge in [-0.1, -0.05) is 0 Å². The first-order chi connectivity index (χ1) is 7.69. The number of hydrogen-bond acceptors (Lipinski definition) is 7. The molecule has 0 radical (unpaired) electrons. The molecule has 0 atom stereocenters. The monoisotopic (exact) mass is 239 g/mol. The lowest BCUT2D eigenvalue weighted by Gasteiger charge is -2.00. The van der Waals surface area contributed by atoms with Crippen LogP contribution in [0.5, 0.6) is 5.88 Å². The first kappa shape index (κ1) is 10.6. The molecule has 2 aromatic rings. The lowest BCUT2D eigenvalue weighted by molar-refractivity contribution is 0.0607. The second-order valence-corrected chi connectivity index (χ2v) is 3.90. The van der Waals surface area contributed by atoms with E-state index in [1.807, 2.05) is 0 Å². The Balaban J connectivity index is 2.73. The number of anilines is 1. The number of rotatable bonds is 2. The molecule has 0 aliphatic carbocycles. The fourth-order valence-corrected chi connectivity index (χ4v) is 2.30. The molecule has 7 heteroatoms. The van der Waals surface area contributed by atoms with Crippen molar-refractivity contribution in [1.82, 2.24) is 9.97 Å². The minimum atomic E-state index is -0.484. The first-order valence-corrected chi connectivity index (χ1v) is 5.16. The lowest BCUT2D eigenvalue weighted by atomic mass is 10.3. The Morgan fingerprint density at radius 2 is 2.19 bits per heavy atom. The summed E-state index contributed by atoms with van der Waals surface area (Å²) in [6.45, 7) is 0. The summed E-state index contributed by atoms with van der Waals surface area (Å²) < 4.78 is 9.68. The number of aromatic nitrogens is 2. The average Bonchev–Trinajstić information content (AvgIpc) is 2.66. The number of nitrogens with two attached hydrogens (primary N) is 1. The second-order valence-electron chi connectivity index (χ2n) is 2.90. The Kier molecular flexibility index (Phi) is 2.61. The van der Waals surface area contributed by atoms with E-state index in [0.29, 0.717) is 26.7 Å². The molecule has 0 unspecified atom stereocenters. The quantitative estimate of drug-likeness (QED) is 0.789. The SMILES string of the molecule is COC(=O)c1sc2ncnc(OC)c2c1N. The van der Waals surface area contributed by atoms with Crippen LogP contribution in [0, 0.1) is 0 Å². The van der Waals surface area contributed by atoms with Gasteiger partial charge in [0.25, 0.3) is 0 Å². The summed E-state index contributed by atoms with van der Waals surface area (Å²) in [5.74, 6) is -0.128. The molecular formula is C9H9N3O3S.